The van der Waals surface area contributed by atoms with Crippen LogP contribution in [0.2, 0.25) is 0 Å². The van der Waals surface area contributed by atoms with E-state index in [0.29, 0.717) is 11.4 Å². The van der Waals surface area contributed by atoms with Gasteiger partial charge in [0.15, 0.2) is 9.84 Å². The summed E-state index contributed by atoms with van der Waals surface area (Å²) in [6.07, 6.45) is 5.49. The van der Waals surface area contributed by atoms with Gasteiger partial charge in [-0.3, -0.25) is 9.59 Å². The van der Waals surface area contributed by atoms with Crippen LogP contribution in [0.5, 0.6) is 0 Å². The van der Waals surface area contributed by atoms with Crippen LogP contribution in [-0.4, -0.2) is 33.0 Å². The van der Waals surface area contributed by atoms with Crippen LogP contribution >= 0.6 is 0 Å². The highest BCUT2D eigenvalue weighted by Gasteiger charge is 2.09. The third kappa shape index (κ3) is 6.27. The number of hydrogen-bond acceptors (Lipinski definition) is 5. The van der Waals surface area contributed by atoms with Crippen molar-refractivity contribution in [2.45, 2.75) is 11.3 Å². The van der Waals surface area contributed by atoms with E-state index in [1.54, 1.807) is 24.3 Å². The first-order valence-electron chi connectivity index (χ1n) is 7.44. The Morgan fingerprint density at radius 3 is 2.68 bits per heavy atom. The molecule has 7 nitrogen and oxygen atoms in total. The molecule has 2 amide bonds. The van der Waals surface area contributed by atoms with E-state index in [-0.39, 0.29) is 29.7 Å². The van der Waals surface area contributed by atoms with E-state index in [2.05, 4.69) is 10.6 Å². The zero-order chi connectivity index (χ0) is 18.3. The van der Waals surface area contributed by atoms with E-state index in [1.807, 2.05) is 0 Å². The van der Waals surface area contributed by atoms with Gasteiger partial charge < -0.3 is 15.1 Å². The molecule has 0 bridgehead atoms. The maximum Gasteiger partial charge on any atom is 0.244 e. The van der Waals surface area contributed by atoms with Crippen LogP contribution in [0.1, 0.15) is 12.2 Å². The predicted octanol–water partition coefficient (Wildman–Crippen LogP) is 1.84. The molecule has 0 saturated heterocycles. The maximum atomic E-state index is 11.9. The van der Waals surface area contributed by atoms with Crippen molar-refractivity contribution in [1.29, 1.82) is 0 Å². The van der Waals surface area contributed by atoms with Gasteiger partial charge in [-0.15, -0.1) is 0 Å². The van der Waals surface area contributed by atoms with Gasteiger partial charge in [0.25, 0.3) is 0 Å². The molecule has 0 aliphatic carbocycles. The molecule has 0 aliphatic heterocycles. The number of nitrogens with one attached hydrogen (secondary N) is 2. The maximum absolute atomic E-state index is 11.9. The lowest BCUT2D eigenvalue weighted by atomic mass is 10.3. The average molecular weight is 362 g/mol. The molecular weight excluding hydrogens is 344 g/mol. The van der Waals surface area contributed by atoms with E-state index in [1.165, 1.54) is 30.5 Å². The van der Waals surface area contributed by atoms with Gasteiger partial charge in [0, 0.05) is 31.0 Å². The fourth-order valence-corrected chi connectivity index (χ4v) is 2.60. The lowest BCUT2D eigenvalue weighted by Gasteiger charge is -2.07. The van der Waals surface area contributed by atoms with Crippen molar-refractivity contribution < 1.29 is 22.4 Å². The highest BCUT2D eigenvalue weighted by Crippen LogP contribution is 2.15. The molecule has 132 valence electrons. The van der Waals surface area contributed by atoms with Gasteiger partial charge in [0.2, 0.25) is 11.8 Å². The molecule has 2 aromatic rings. The van der Waals surface area contributed by atoms with Gasteiger partial charge in [0.05, 0.1) is 11.2 Å². The molecule has 1 heterocycles. The number of carbonyl (C=O) groups is 2. The molecule has 0 unspecified atom stereocenters. The first-order valence-corrected chi connectivity index (χ1v) is 9.33. The van der Waals surface area contributed by atoms with Crippen molar-refractivity contribution in [3.05, 3.63) is 54.5 Å². The Morgan fingerprint density at radius 1 is 1.20 bits per heavy atom. The first-order chi connectivity index (χ1) is 11.8. The normalized spacial score (nSPS) is 11.4. The minimum atomic E-state index is -3.34. The van der Waals surface area contributed by atoms with Crippen LogP contribution in [0.4, 0.5) is 5.69 Å². The lowest BCUT2D eigenvalue weighted by molar-refractivity contribution is -0.117. The second kappa shape index (κ2) is 8.29. The standard InChI is InChI=1S/C17H18N2O5S/c1-25(22,23)15-6-2-4-13(12-15)19-17(21)9-10-18-16(20)8-7-14-5-3-11-24-14/h2-8,11-12H,9-10H2,1H3,(H,18,20)(H,19,21)/b8-7+. The van der Waals surface area contributed by atoms with E-state index in [0.717, 1.165) is 6.26 Å². The van der Waals surface area contributed by atoms with Gasteiger partial charge in [-0.25, -0.2) is 8.42 Å². The van der Waals surface area contributed by atoms with Crippen LogP contribution in [0.3, 0.4) is 0 Å². The summed E-state index contributed by atoms with van der Waals surface area (Å²) in [6.45, 7) is 0.152. The summed E-state index contributed by atoms with van der Waals surface area (Å²) in [6, 6.07) is 9.40. The van der Waals surface area contributed by atoms with Crippen molar-refractivity contribution in [3.8, 4) is 0 Å². The van der Waals surface area contributed by atoms with E-state index < -0.39 is 9.84 Å². The van der Waals surface area contributed by atoms with E-state index in [4.69, 9.17) is 4.42 Å². The largest absolute Gasteiger partial charge is 0.465 e. The molecule has 0 spiro atoms. The van der Waals surface area contributed by atoms with Gasteiger partial charge in [-0.05, 0) is 36.4 Å². The molecular formula is C17H18N2O5S. The number of benzene rings is 1. The Bertz CT molecular complexity index is 870. The number of sulfone groups is 1. The van der Waals surface area contributed by atoms with Gasteiger partial charge in [-0.1, -0.05) is 6.07 Å². The number of hydrogen-bond donors (Lipinski definition) is 2. The quantitative estimate of drug-likeness (QED) is 0.731. The molecule has 1 aromatic heterocycles. The number of furan rings is 1. The highest BCUT2D eigenvalue weighted by molar-refractivity contribution is 7.90. The molecule has 0 aliphatic rings. The van der Waals surface area contributed by atoms with Crippen molar-refractivity contribution in [2.75, 3.05) is 18.1 Å². The SMILES string of the molecule is CS(=O)(=O)c1cccc(NC(=O)CCNC(=O)/C=C/c2ccco2)c1. The zero-order valence-electron chi connectivity index (χ0n) is 13.6. The Morgan fingerprint density at radius 2 is 2.00 bits per heavy atom. The smallest absolute Gasteiger partial charge is 0.244 e. The molecule has 8 heteroatoms. The van der Waals surface area contributed by atoms with Crippen LogP contribution < -0.4 is 10.6 Å². The molecule has 1 aromatic carbocycles. The molecule has 25 heavy (non-hydrogen) atoms. The van der Waals surface area contributed by atoms with Crippen molar-refractivity contribution in [3.63, 3.8) is 0 Å². The van der Waals surface area contributed by atoms with Gasteiger partial charge >= 0.3 is 0 Å². The molecule has 0 fully saturated rings. The van der Waals surface area contributed by atoms with Crippen molar-refractivity contribution in [1.82, 2.24) is 5.32 Å². The Hall–Kier alpha value is -2.87. The van der Waals surface area contributed by atoms with Gasteiger partial charge in [-0.2, -0.15) is 0 Å². The fourth-order valence-electron chi connectivity index (χ4n) is 1.93. The van der Waals surface area contributed by atoms with Crippen molar-refractivity contribution in [2.24, 2.45) is 0 Å². The van der Waals surface area contributed by atoms with E-state index in [9.17, 15) is 18.0 Å². The summed E-state index contributed by atoms with van der Waals surface area (Å²) in [4.78, 5) is 23.6. The number of anilines is 1. The Kier molecular flexibility index (Phi) is 6.13. The van der Waals surface area contributed by atoms with Crippen molar-refractivity contribution >= 4 is 33.4 Å². The number of rotatable bonds is 7. The first kappa shape index (κ1) is 18.5. The Labute approximate surface area is 145 Å². The van der Waals surface area contributed by atoms with Crippen LogP contribution in [-0.2, 0) is 19.4 Å². The molecule has 0 atom stereocenters. The second-order valence-corrected chi connectivity index (χ2v) is 7.25. The number of amides is 2. The number of carbonyl (C=O) groups excluding carboxylic acids is 2. The van der Waals surface area contributed by atoms with Crippen LogP contribution in [0.25, 0.3) is 6.08 Å². The summed E-state index contributed by atoms with van der Waals surface area (Å²) in [7, 11) is -3.34. The molecule has 0 radical (unpaired) electrons. The monoisotopic (exact) mass is 362 g/mol. The summed E-state index contributed by atoms with van der Waals surface area (Å²) in [5.74, 6) is -0.122. The van der Waals surface area contributed by atoms with Crippen LogP contribution in [0, 0.1) is 0 Å². The second-order valence-electron chi connectivity index (χ2n) is 5.24. The summed E-state index contributed by atoms with van der Waals surface area (Å²) in [5.41, 5.74) is 0.386. The summed E-state index contributed by atoms with van der Waals surface area (Å²) >= 11 is 0. The summed E-state index contributed by atoms with van der Waals surface area (Å²) in [5, 5.41) is 5.17. The predicted molar refractivity (Wildman–Crippen MR) is 93.6 cm³/mol. The average Bonchev–Trinajstić information content (AvgIpc) is 3.06. The zero-order valence-corrected chi connectivity index (χ0v) is 14.4. The summed E-state index contributed by atoms with van der Waals surface area (Å²) < 4.78 is 28.0. The third-order valence-electron chi connectivity index (χ3n) is 3.14. The molecule has 2 rings (SSSR count). The highest BCUT2D eigenvalue weighted by atomic mass is 32.2. The van der Waals surface area contributed by atoms with E-state index >= 15 is 0 Å². The fraction of sp³-hybridized carbons (Fsp3) is 0.176. The molecule has 2 N–H and O–H groups in total. The molecule has 0 saturated carbocycles. The minimum absolute atomic E-state index is 0.0590. The topological polar surface area (TPSA) is 105 Å². The lowest BCUT2D eigenvalue weighted by Crippen LogP contribution is -2.26. The minimum Gasteiger partial charge on any atom is -0.465 e. The van der Waals surface area contributed by atoms with Gasteiger partial charge in [0.1, 0.15) is 5.76 Å². The third-order valence-corrected chi connectivity index (χ3v) is 4.25. The Balaban J connectivity index is 1.78. The van der Waals surface area contributed by atoms with Crippen LogP contribution in [0.15, 0.2) is 58.1 Å².